The Kier molecular flexibility index (Phi) is 8.12. The number of H-pyrrole nitrogens is 1. The molecule has 1 aliphatic heterocycles. The molecule has 226 valence electrons. The third-order valence-corrected chi connectivity index (χ3v) is 7.07. The quantitative estimate of drug-likeness (QED) is 0.0923. The summed E-state index contributed by atoms with van der Waals surface area (Å²) >= 11 is 0. The number of aryl methyl sites for hydroxylation is 1. The van der Waals surface area contributed by atoms with Crippen LogP contribution in [0.15, 0.2) is 60.8 Å². The van der Waals surface area contributed by atoms with Gasteiger partial charge in [0.05, 0.1) is 33.6 Å². The lowest BCUT2D eigenvalue weighted by Gasteiger charge is -2.10. The van der Waals surface area contributed by atoms with Crippen molar-refractivity contribution in [2.24, 2.45) is 0 Å². The summed E-state index contributed by atoms with van der Waals surface area (Å²) < 4.78 is 39.3. The summed E-state index contributed by atoms with van der Waals surface area (Å²) in [6, 6.07) is 13.3. The minimum atomic E-state index is -4.53. The standard InChI is InChI=1S/C31H28F3N7O3/c1-16-24(14-21-20-9-8-19(31(32,33)34)13-25(20)41-29(21)43)39-17(2)27(16)30(44)37-12-11-36-26-10-7-18(15-38-26)28(42)40-23-6-4-3-5-22(23)35/h3-10,13-15,39H,11-12,35H2,1-2H3,(H,36,38)(H,37,44)(H,40,42)(H,41,43). The highest BCUT2D eigenvalue weighted by molar-refractivity contribution is 6.35. The number of rotatable bonds is 8. The second-order valence-corrected chi connectivity index (χ2v) is 10.1. The lowest BCUT2D eigenvalue weighted by atomic mass is 10.0. The molecule has 13 heteroatoms. The van der Waals surface area contributed by atoms with Crippen LogP contribution < -0.4 is 27.0 Å². The van der Waals surface area contributed by atoms with E-state index < -0.39 is 17.6 Å². The van der Waals surface area contributed by atoms with Crippen LogP contribution in [0, 0.1) is 13.8 Å². The van der Waals surface area contributed by atoms with Gasteiger partial charge in [-0.05, 0) is 61.9 Å². The highest BCUT2D eigenvalue weighted by atomic mass is 19.4. The number of halogens is 3. The second-order valence-electron chi connectivity index (χ2n) is 10.1. The van der Waals surface area contributed by atoms with E-state index in [1.165, 1.54) is 18.3 Å². The Morgan fingerprint density at radius 2 is 1.80 bits per heavy atom. The molecule has 0 saturated carbocycles. The number of alkyl halides is 3. The number of hydrogen-bond acceptors (Lipinski definition) is 6. The number of pyridine rings is 1. The Morgan fingerprint density at radius 1 is 1.02 bits per heavy atom. The molecule has 2 aromatic heterocycles. The summed E-state index contributed by atoms with van der Waals surface area (Å²) in [6.07, 6.45) is -1.58. The van der Waals surface area contributed by atoms with Crippen LogP contribution in [0.4, 0.5) is 36.1 Å². The van der Waals surface area contributed by atoms with E-state index in [0.717, 1.165) is 12.1 Å². The van der Waals surface area contributed by atoms with Crippen molar-refractivity contribution in [1.29, 1.82) is 0 Å². The molecular weight excluding hydrogens is 575 g/mol. The van der Waals surface area contributed by atoms with Gasteiger partial charge in [-0.1, -0.05) is 18.2 Å². The monoisotopic (exact) mass is 603 g/mol. The smallest absolute Gasteiger partial charge is 0.397 e. The van der Waals surface area contributed by atoms with Crippen LogP contribution in [0.5, 0.6) is 0 Å². The van der Waals surface area contributed by atoms with Gasteiger partial charge in [-0.2, -0.15) is 13.2 Å². The molecule has 0 radical (unpaired) electrons. The molecule has 5 rings (SSSR count). The lowest BCUT2D eigenvalue weighted by molar-refractivity contribution is -0.137. The molecular formula is C31H28F3N7O3. The first-order chi connectivity index (χ1) is 20.9. The van der Waals surface area contributed by atoms with Crippen LogP contribution in [0.2, 0.25) is 0 Å². The van der Waals surface area contributed by atoms with Crippen molar-refractivity contribution < 1.29 is 27.6 Å². The molecule has 0 saturated heterocycles. The van der Waals surface area contributed by atoms with Gasteiger partial charge in [0.15, 0.2) is 0 Å². The SMILES string of the molecule is Cc1[nH]c(C=C2C(=O)Nc3cc(C(F)(F)F)ccc32)c(C)c1C(=O)NCCNc1ccc(C(=O)Nc2ccccc2N)cn1. The predicted octanol–water partition coefficient (Wildman–Crippen LogP) is 5.21. The summed E-state index contributed by atoms with van der Waals surface area (Å²) in [5.74, 6) is -0.717. The fraction of sp³-hybridized carbons (Fsp3) is 0.161. The van der Waals surface area contributed by atoms with E-state index in [-0.39, 0.29) is 29.6 Å². The second kappa shape index (κ2) is 12.0. The minimum absolute atomic E-state index is 0.0761. The maximum absolute atomic E-state index is 13.1. The third-order valence-electron chi connectivity index (χ3n) is 7.07. The number of carbonyl (C=O) groups is 3. The van der Waals surface area contributed by atoms with E-state index in [1.54, 1.807) is 50.2 Å². The molecule has 0 bridgehead atoms. The van der Waals surface area contributed by atoms with E-state index in [9.17, 15) is 27.6 Å². The van der Waals surface area contributed by atoms with Crippen LogP contribution in [-0.4, -0.2) is 40.8 Å². The number of aromatic amines is 1. The van der Waals surface area contributed by atoms with Gasteiger partial charge in [-0.15, -0.1) is 0 Å². The van der Waals surface area contributed by atoms with Gasteiger partial charge < -0.3 is 32.0 Å². The molecule has 44 heavy (non-hydrogen) atoms. The normalized spacial score (nSPS) is 13.4. The van der Waals surface area contributed by atoms with Gasteiger partial charge in [-0.25, -0.2) is 4.98 Å². The van der Waals surface area contributed by atoms with Crippen LogP contribution in [0.1, 0.15) is 48.8 Å². The van der Waals surface area contributed by atoms with Gasteiger partial charge in [0.25, 0.3) is 17.7 Å². The first kappa shape index (κ1) is 29.9. The number of nitrogen functional groups attached to an aromatic ring is 1. The molecule has 0 spiro atoms. The Labute approximate surface area is 250 Å². The Bertz CT molecular complexity index is 1790. The molecule has 2 aromatic carbocycles. The Morgan fingerprint density at radius 3 is 2.50 bits per heavy atom. The number of carbonyl (C=O) groups excluding carboxylic acids is 3. The highest BCUT2D eigenvalue weighted by Gasteiger charge is 2.34. The minimum Gasteiger partial charge on any atom is -0.397 e. The number of hydrogen-bond donors (Lipinski definition) is 6. The number of nitrogens with two attached hydrogens (primary N) is 1. The number of aromatic nitrogens is 2. The average Bonchev–Trinajstić information content (AvgIpc) is 3.45. The Hall–Kier alpha value is -5.59. The number of para-hydroxylation sites is 2. The van der Waals surface area contributed by atoms with Gasteiger partial charge in [-0.3, -0.25) is 14.4 Å². The molecule has 10 nitrogen and oxygen atoms in total. The van der Waals surface area contributed by atoms with Crippen molar-refractivity contribution in [3.8, 4) is 0 Å². The number of anilines is 4. The maximum Gasteiger partial charge on any atom is 0.416 e. The van der Waals surface area contributed by atoms with Crippen molar-refractivity contribution in [2.75, 3.05) is 34.8 Å². The van der Waals surface area contributed by atoms with E-state index in [0.29, 0.717) is 57.4 Å². The van der Waals surface area contributed by atoms with Gasteiger partial charge in [0, 0.05) is 41.9 Å². The van der Waals surface area contributed by atoms with Gasteiger partial charge in [0.1, 0.15) is 5.82 Å². The van der Waals surface area contributed by atoms with Gasteiger partial charge >= 0.3 is 6.18 Å². The molecule has 0 atom stereocenters. The zero-order valence-electron chi connectivity index (χ0n) is 23.6. The van der Waals surface area contributed by atoms with E-state index in [1.807, 2.05) is 0 Å². The number of benzene rings is 2. The number of fused-ring (bicyclic) bond motifs is 1. The zero-order chi connectivity index (χ0) is 31.6. The Balaban J connectivity index is 1.18. The predicted molar refractivity (Wildman–Crippen MR) is 162 cm³/mol. The van der Waals surface area contributed by atoms with Crippen LogP contribution in [-0.2, 0) is 11.0 Å². The summed E-state index contributed by atoms with van der Waals surface area (Å²) in [5, 5.41) is 11.1. The number of nitrogens with one attached hydrogen (secondary N) is 5. The van der Waals surface area contributed by atoms with Crippen molar-refractivity contribution in [2.45, 2.75) is 20.0 Å². The molecule has 7 N–H and O–H groups in total. The average molecular weight is 604 g/mol. The van der Waals surface area contributed by atoms with Crippen molar-refractivity contribution in [3.05, 3.63) is 100.0 Å². The first-order valence-electron chi connectivity index (χ1n) is 13.5. The molecule has 1 aliphatic rings. The largest absolute Gasteiger partial charge is 0.416 e. The van der Waals surface area contributed by atoms with E-state index in [2.05, 4.69) is 31.2 Å². The molecule has 4 aromatic rings. The van der Waals surface area contributed by atoms with Crippen molar-refractivity contribution >= 4 is 52.3 Å². The molecule has 0 unspecified atom stereocenters. The zero-order valence-corrected chi connectivity index (χ0v) is 23.6. The summed E-state index contributed by atoms with van der Waals surface area (Å²) in [4.78, 5) is 45.4. The number of nitrogens with zero attached hydrogens (tertiary/aromatic N) is 1. The highest BCUT2D eigenvalue weighted by Crippen LogP contribution is 2.38. The summed E-state index contributed by atoms with van der Waals surface area (Å²) in [7, 11) is 0. The summed E-state index contributed by atoms with van der Waals surface area (Å²) in [6.45, 7) is 4.04. The topological polar surface area (TPSA) is 154 Å². The maximum atomic E-state index is 13.1. The van der Waals surface area contributed by atoms with Crippen LogP contribution in [0.25, 0.3) is 11.6 Å². The molecule has 3 heterocycles. The first-order valence-corrected chi connectivity index (χ1v) is 13.5. The summed E-state index contributed by atoms with van der Waals surface area (Å²) in [5.41, 5.74) is 8.96. The molecule has 0 aliphatic carbocycles. The lowest BCUT2D eigenvalue weighted by Crippen LogP contribution is -2.29. The van der Waals surface area contributed by atoms with Crippen molar-refractivity contribution in [1.82, 2.24) is 15.3 Å². The van der Waals surface area contributed by atoms with E-state index >= 15 is 0 Å². The third kappa shape index (κ3) is 6.26. The van der Waals surface area contributed by atoms with Crippen LogP contribution >= 0.6 is 0 Å². The molecule has 3 amide bonds. The number of amides is 3. The van der Waals surface area contributed by atoms with Crippen molar-refractivity contribution in [3.63, 3.8) is 0 Å². The van der Waals surface area contributed by atoms with Gasteiger partial charge in [0.2, 0.25) is 0 Å². The van der Waals surface area contributed by atoms with Crippen LogP contribution in [0.3, 0.4) is 0 Å². The fourth-order valence-electron chi connectivity index (χ4n) is 4.81. The molecule has 0 fully saturated rings. The fourth-order valence-corrected chi connectivity index (χ4v) is 4.81. The van der Waals surface area contributed by atoms with E-state index in [4.69, 9.17) is 5.73 Å².